The van der Waals surface area contributed by atoms with Gasteiger partial charge in [-0.05, 0) is 60.7 Å². The number of carbonyl (C=O) groups excluding carboxylic acids is 3. The predicted octanol–water partition coefficient (Wildman–Crippen LogP) is 5.61. The summed E-state index contributed by atoms with van der Waals surface area (Å²) < 4.78 is 38.7. The van der Waals surface area contributed by atoms with Crippen molar-refractivity contribution in [3.05, 3.63) is 77.1 Å². The van der Waals surface area contributed by atoms with Crippen LogP contribution in [0, 0.1) is 5.92 Å². The van der Waals surface area contributed by atoms with E-state index in [-0.39, 0.29) is 43.1 Å². The molecule has 2 aliphatic rings. The number of nitrogens with zero attached hydrogens (tertiary/aromatic N) is 3. The van der Waals surface area contributed by atoms with E-state index >= 15 is 0 Å². The van der Waals surface area contributed by atoms with Crippen LogP contribution in [-0.2, 0) is 29.0 Å². The van der Waals surface area contributed by atoms with Gasteiger partial charge in [-0.1, -0.05) is 37.5 Å². The minimum absolute atomic E-state index is 0.00600. The molecule has 0 radical (unpaired) electrons. The second-order valence-electron chi connectivity index (χ2n) is 10.5. The molecule has 0 spiro atoms. The number of carbonyl (C=O) groups is 3. The highest BCUT2D eigenvalue weighted by Gasteiger charge is 2.43. The van der Waals surface area contributed by atoms with Crippen molar-refractivity contribution in [2.24, 2.45) is 5.92 Å². The van der Waals surface area contributed by atoms with E-state index in [4.69, 9.17) is 0 Å². The zero-order valence-corrected chi connectivity index (χ0v) is 22.3. The largest absolute Gasteiger partial charge is 0.471 e. The third kappa shape index (κ3) is 7.08. The topological polar surface area (TPSA) is 104 Å². The highest BCUT2D eigenvalue weighted by molar-refractivity contribution is 5.99. The number of hydrogen-bond acceptors (Lipinski definition) is 6. The molecule has 2 aromatic carbocycles. The number of Topliss-reactive ketones (excluding diaryl/α,β-unsaturated/α-hetero) is 1. The van der Waals surface area contributed by atoms with E-state index in [2.05, 4.69) is 20.6 Å². The Hall–Kier alpha value is -4.28. The van der Waals surface area contributed by atoms with Crippen molar-refractivity contribution in [3.8, 4) is 0 Å². The average Bonchev–Trinajstić information content (AvgIpc) is 2.96. The van der Waals surface area contributed by atoms with Gasteiger partial charge in [0.2, 0.25) is 11.9 Å². The Morgan fingerprint density at radius 2 is 1.76 bits per heavy atom. The lowest BCUT2D eigenvalue weighted by Crippen LogP contribution is -2.43. The summed E-state index contributed by atoms with van der Waals surface area (Å²) in [7, 11) is 0. The molecule has 8 nitrogen and oxygen atoms in total. The second kappa shape index (κ2) is 12.1. The third-order valence-electron chi connectivity index (χ3n) is 7.49. The number of rotatable bonds is 7. The molecule has 0 saturated heterocycles. The van der Waals surface area contributed by atoms with Crippen molar-refractivity contribution < 1.29 is 27.6 Å². The minimum Gasteiger partial charge on any atom is -0.330 e. The zero-order valence-electron chi connectivity index (χ0n) is 22.3. The molecule has 1 saturated carbocycles. The normalized spacial score (nSPS) is 15.6. The van der Waals surface area contributed by atoms with Crippen LogP contribution in [0.5, 0.6) is 0 Å². The predicted molar refractivity (Wildman–Crippen MR) is 147 cm³/mol. The van der Waals surface area contributed by atoms with Crippen LogP contribution in [0.1, 0.15) is 59.3 Å². The average molecular weight is 566 g/mol. The highest BCUT2D eigenvalue weighted by atomic mass is 19.4. The molecule has 214 valence electrons. The SMILES string of the molecule is O=C(Cc1ccnc(Nc2ccc3c(c2)CN(C(=O)C(F)(F)F)CC3)n1)c1cccc(NC(=O)C2CCCCC2)c1. The number of ketones is 1. The zero-order chi connectivity index (χ0) is 29.0. The van der Waals surface area contributed by atoms with Gasteiger partial charge in [0.1, 0.15) is 0 Å². The van der Waals surface area contributed by atoms with Gasteiger partial charge in [0, 0.05) is 42.1 Å². The summed E-state index contributed by atoms with van der Waals surface area (Å²) in [6, 6.07) is 13.7. The van der Waals surface area contributed by atoms with Gasteiger partial charge in [-0.15, -0.1) is 0 Å². The summed E-state index contributed by atoms with van der Waals surface area (Å²) in [4.78, 5) is 46.8. The van der Waals surface area contributed by atoms with Gasteiger partial charge in [0.25, 0.3) is 0 Å². The first-order valence-electron chi connectivity index (χ1n) is 13.7. The number of anilines is 3. The van der Waals surface area contributed by atoms with Crippen molar-refractivity contribution in [2.75, 3.05) is 17.2 Å². The van der Waals surface area contributed by atoms with Gasteiger partial charge in [0.15, 0.2) is 5.78 Å². The summed E-state index contributed by atoms with van der Waals surface area (Å²) in [6.45, 7) is -0.133. The van der Waals surface area contributed by atoms with Crippen LogP contribution in [0.3, 0.4) is 0 Å². The molecule has 2 heterocycles. The van der Waals surface area contributed by atoms with Crippen molar-refractivity contribution in [1.29, 1.82) is 0 Å². The number of benzene rings is 2. The number of aromatic nitrogens is 2. The molecule has 3 aromatic rings. The lowest BCUT2D eigenvalue weighted by atomic mass is 9.88. The lowest BCUT2D eigenvalue weighted by Gasteiger charge is -2.29. The number of alkyl halides is 3. The molecule has 1 fully saturated rings. The standard InChI is InChI=1S/C30H30F3N5O3/c31-30(32,33)28(41)38-14-12-19-9-10-24(16-22(19)18-38)36-29-34-13-11-25(37-29)17-26(39)21-7-4-8-23(15-21)35-27(40)20-5-2-1-3-6-20/h4,7-11,13,15-16,20H,1-3,5-6,12,14,17-18H2,(H,35,40)(H,34,36,37). The molecule has 2 N–H and O–H groups in total. The summed E-state index contributed by atoms with van der Waals surface area (Å²) in [5.41, 5.74) is 3.55. The Labute approximate surface area is 235 Å². The monoisotopic (exact) mass is 565 g/mol. The Morgan fingerprint density at radius 3 is 2.54 bits per heavy atom. The van der Waals surface area contributed by atoms with Crippen molar-refractivity contribution in [1.82, 2.24) is 14.9 Å². The fraction of sp³-hybridized carbons (Fsp3) is 0.367. The molecule has 1 aliphatic carbocycles. The van der Waals surface area contributed by atoms with Gasteiger partial charge < -0.3 is 15.5 Å². The molecule has 1 aromatic heterocycles. The molecule has 0 atom stereocenters. The summed E-state index contributed by atoms with van der Waals surface area (Å²) in [5, 5.41) is 5.98. The molecule has 5 rings (SSSR count). The Balaban J connectivity index is 1.22. The Morgan fingerprint density at radius 1 is 0.951 bits per heavy atom. The van der Waals surface area contributed by atoms with E-state index in [1.165, 1.54) is 6.20 Å². The van der Waals surface area contributed by atoms with Crippen LogP contribution in [0.25, 0.3) is 0 Å². The Kier molecular flexibility index (Phi) is 8.32. The molecule has 11 heteroatoms. The van der Waals surface area contributed by atoms with Crippen LogP contribution < -0.4 is 10.6 Å². The molecular weight excluding hydrogens is 535 g/mol. The maximum Gasteiger partial charge on any atom is 0.471 e. The summed E-state index contributed by atoms with van der Waals surface area (Å²) in [5.74, 6) is -1.80. The first-order valence-corrected chi connectivity index (χ1v) is 13.7. The Bertz CT molecular complexity index is 1450. The van der Waals surface area contributed by atoms with Crippen molar-refractivity contribution >= 4 is 34.9 Å². The molecule has 41 heavy (non-hydrogen) atoms. The van der Waals surface area contributed by atoms with Crippen molar-refractivity contribution in [2.45, 2.75) is 57.7 Å². The van der Waals surface area contributed by atoms with E-state index in [9.17, 15) is 27.6 Å². The van der Waals surface area contributed by atoms with Gasteiger partial charge in [-0.25, -0.2) is 9.97 Å². The second-order valence-corrected chi connectivity index (χ2v) is 10.5. The lowest BCUT2D eigenvalue weighted by molar-refractivity contribution is -0.186. The van der Waals surface area contributed by atoms with Crippen molar-refractivity contribution in [3.63, 3.8) is 0 Å². The number of nitrogens with one attached hydrogen (secondary N) is 2. The van der Waals surface area contributed by atoms with Gasteiger partial charge in [-0.3, -0.25) is 14.4 Å². The van der Waals surface area contributed by atoms with E-state index in [0.717, 1.165) is 42.6 Å². The number of hydrogen-bond donors (Lipinski definition) is 2. The molecule has 2 amide bonds. The maximum absolute atomic E-state index is 13.0. The number of fused-ring (bicyclic) bond motifs is 1. The van der Waals surface area contributed by atoms with E-state index < -0.39 is 12.1 Å². The van der Waals surface area contributed by atoms with Gasteiger partial charge >= 0.3 is 12.1 Å². The van der Waals surface area contributed by atoms with Crippen LogP contribution >= 0.6 is 0 Å². The summed E-state index contributed by atoms with van der Waals surface area (Å²) >= 11 is 0. The highest BCUT2D eigenvalue weighted by Crippen LogP contribution is 2.28. The van der Waals surface area contributed by atoms with Crippen LogP contribution in [0.2, 0.25) is 0 Å². The van der Waals surface area contributed by atoms with E-state index in [1.807, 2.05) is 0 Å². The number of amides is 2. The van der Waals surface area contributed by atoms with E-state index in [1.54, 1.807) is 48.5 Å². The van der Waals surface area contributed by atoms with Gasteiger partial charge in [0.05, 0.1) is 12.1 Å². The quantitative estimate of drug-likeness (QED) is 0.361. The third-order valence-corrected chi connectivity index (χ3v) is 7.49. The molecule has 0 unspecified atom stereocenters. The first-order chi connectivity index (χ1) is 19.7. The minimum atomic E-state index is -4.91. The first kappa shape index (κ1) is 28.3. The van der Waals surface area contributed by atoms with E-state index in [0.29, 0.717) is 34.6 Å². The fourth-order valence-corrected chi connectivity index (χ4v) is 5.32. The van der Waals surface area contributed by atoms with Gasteiger partial charge in [-0.2, -0.15) is 13.2 Å². The number of halogens is 3. The molecule has 0 bridgehead atoms. The molecule has 1 aliphatic heterocycles. The van der Waals surface area contributed by atoms with Crippen LogP contribution in [0.4, 0.5) is 30.5 Å². The van der Waals surface area contributed by atoms with Crippen LogP contribution in [0.15, 0.2) is 54.7 Å². The molecular formula is C30H30F3N5O3. The summed E-state index contributed by atoms with van der Waals surface area (Å²) in [6.07, 6.45) is 1.98. The van der Waals surface area contributed by atoms with Crippen LogP contribution in [-0.4, -0.2) is 45.2 Å². The maximum atomic E-state index is 13.0. The fourth-order valence-electron chi connectivity index (χ4n) is 5.32. The smallest absolute Gasteiger partial charge is 0.330 e.